The molecule has 0 aromatic heterocycles. The summed E-state index contributed by atoms with van der Waals surface area (Å²) >= 11 is 0. The number of amides is 1. The monoisotopic (exact) mass is 293 g/mol. The number of anilines is 2. The normalized spacial score (nSPS) is 10.5. The molecule has 1 amide bonds. The maximum atomic E-state index is 11.9. The summed E-state index contributed by atoms with van der Waals surface area (Å²) in [6.07, 6.45) is 0.929. The van der Waals surface area contributed by atoms with Crippen LogP contribution in [0.15, 0.2) is 18.2 Å². The fraction of sp³-hybridized carbons (Fsp3) is 0.562. The zero-order valence-corrected chi connectivity index (χ0v) is 13.5. The lowest BCUT2D eigenvalue weighted by Crippen LogP contribution is -2.40. The standard InChI is InChI=1S/C16H27N3O2/c1-5-10-21-14-9-7-8-13(16(14)17)19(6-2)11-15(20)18-12(3)4/h7-9,12H,5-6,10-11,17H2,1-4H3,(H,18,20). The fourth-order valence-electron chi connectivity index (χ4n) is 2.05. The minimum absolute atomic E-state index is 0.00821. The molecule has 0 heterocycles. The van der Waals surface area contributed by atoms with Crippen LogP contribution in [-0.2, 0) is 4.79 Å². The Balaban J connectivity index is 2.87. The first kappa shape index (κ1) is 17.1. The molecule has 0 saturated carbocycles. The van der Waals surface area contributed by atoms with Crippen molar-refractivity contribution in [2.45, 2.75) is 40.2 Å². The molecule has 21 heavy (non-hydrogen) atoms. The summed E-state index contributed by atoms with van der Waals surface area (Å²) in [6, 6.07) is 5.81. The summed E-state index contributed by atoms with van der Waals surface area (Å²) in [4.78, 5) is 13.9. The van der Waals surface area contributed by atoms with Crippen LogP contribution in [0.2, 0.25) is 0 Å². The van der Waals surface area contributed by atoms with Crippen LogP contribution < -0.4 is 20.7 Å². The van der Waals surface area contributed by atoms with Crippen molar-refractivity contribution in [1.82, 2.24) is 5.32 Å². The van der Waals surface area contributed by atoms with Crippen LogP contribution >= 0.6 is 0 Å². The third-order valence-corrected chi connectivity index (χ3v) is 3.01. The van der Waals surface area contributed by atoms with Gasteiger partial charge in [0.05, 0.1) is 24.5 Å². The quantitative estimate of drug-likeness (QED) is 0.722. The second kappa shape index (κ2) is 8.39. The summed E-state index contributed by atoms with van der Waals surface area (Å²) in [5.74, 6) is 0.670. The molecule has 0 fully saturated rings. The summed E-state index contributed by atoms with van der Waals surface area (Å²) in [5, 5.41) is 2.89. The molecule has 0 aliphatic carbocycles. The first-order chi connectivity index (χ1) is 9.99. The van der Waals surface area contributed by atoms with Gasteiger partial charge in [0, 0.05) is 12.6 Å². The van der Waals surface area contributed by atoms with Gasteiger partial charge in [0.1, 0.15) is 5.75 Å². The third-order valence-electron chi connectivity index (χ3n) is 3.01. The van der Waals surface area contributed by atoms with Gasteiger partial charge in [0.2, 0.25) is 5.91 Å². The van der Waals surface area contributed by atoms with E-state index in [1.165, 1.54) is 0 Å². The van der Waals surface area contributed by atoms with Crippen LogP contribution in [0.5, 0.6) is 5.75 Å². The number of hydrogen-bond donors (Lipinski definition) is 2. The molecule has 1 rings (SSSR count). The molecular weight excluding hydrogens is 266 g/mol. The number of para-hydroxylation sites is 1. The number of likely N-dealkylation sites (N-methyl/N-ethyl adjacent to an activating group) is 1. The maximum absolute atomic E-state index is 11.9. The van der Waals surface area contributed by atoms with E-state index in [0.717, 1.165) is 12.1 Å². The summed E-state index contributed by atoms with van der Waals surface area (Å²) in [5.41, 5.74) is 7.61. The van der Waals surface area contributed by atoms with Crippen molar-refractivity contribution in [2.24, 2.45) is 0 Å². The minimum atomic E-state index is -0.00821. The van der Waals surface area contributed by atoms with Crippen LogP contribution in [0.4, 0.5) is 11.4 Å². The van der Waals surface area contributed by atoms with Crippen LogP contribution in [-0.4, -0.2) is 31.6 Å². The lowest BCUT2D eigenvalue weighted by Gasteiger charge is -2.25. The van der Waals surface area contributed by atoms with Crippen molar-refractivity contribution in [3.8, 4) is 5.75 Å². The number of rotatable bonds is 8. The first-order valence-electron chi connectivity index (χ1n) is 7.55. The largest absolute Gasteiger partial charge is 0.491 e. The van der Waals surface area contributed by atoms with Crippen LogP contribution in [0.3, 0.4) is 0 Å². The number of carbonyl (C=O) groups excluding carboxylic acids is 1. The van der Waals surface area contributed by atoms with Gasteiger partial charge in [0.25, 0.3) is 0 Å². The predicted molar refractivity (Wildman–Crippen MR) is 87.8 cm³/mol. The SMILES string of the molecule is CCCOc1cccc(N(CC)CC(=O)NC(C)C)c1N. The highest BCUT2D eigenvalue weighted by molar-refractivity contribution is 5.84. The molecule has 118 valence electrons. The highest BCUT2D eigenvalue weighted by Crippen LogP contribution is 2.32. The van der Waals surface area contributed by atoms with Gasteiger partial charge in [-0.05, 0) is 39.3 Å². The van der Waals surface area contributed by atoms with Crippen molar-refractivity contribution in [1.29, 1.82) is 0 Å². The van der Waals surface area contributed by atoms with Crippen LogP contribution in [0.25, 0.3) is 0 Å². The van der Waals surface area contributed by atoms with E-state index in [4.69, 9.17) is 10.5 Å². The van der Waals surface area contributed by atoms with E-state index in [2.05, 4.69) is 12.2 Å². The lowest BCUT2D eigenvalue weighted by atomic mass is 10.2. The topological polar surface area (TPSA) is 67.6 Å². The molecule has 0 bridgehead atoms. The van der Waals surface area contributed by atoms with Crippen molar-refractivity contribution >= 4 is 17.3 Å². The zero-order chi connectivity index (χ0) is 15.8. The number of hydrogen-bond acceptors (Lipinski definition) is 4. The molecule has 0 saturated heterocycles. The van der Waals surface area contributed by atoms with Gasteiger partial charge in [-0.25, -0.2) is 0 Å². The molecule has 0 unspecified atom stereocenters. The van der Waals surface area contributed by atoms with E-state index in [1.54, 1.807) is 0 Å². The van der Waals surface area contributed by atoms with E-state index >= 15 is 0 Å². The molecule has 5 nitrogen and oxygen atoms in total. The molecule has 3 N–H and O–H groups in total. The van der Waals surface area contributed by atoms with Crippen LogP contribution in [0.1, 0.15) is 34.1 Å². The molecule has 1 aromatic carbocycles. The van der Waals surface area contributed by atoms with Crippen molar-refractivity contribution in [3.63, 3.8) is 0 Å². The Morgan fingerprint density at radius 1 is 1.38 bits per heavy atom. The van der Waals surface area contributed by atoms with Gasteiger partial charge in [-0.15, -0.1) is 0 Å². The van der Waals surface area contributed by atoms with Gasteiger partial charge < -0.3 is 20.7 Å². The van der Waals surface area contributed by atoms with E-state index < -0.39 is 0 Å². The zero-order valence-electron chi connectivity index (χ0n) is 13.5. The van der Waals surface area contributed by atoms with Gasteiger partial charge in [-0.1, -0.05) is 13.0 Å². The highest BCUT2D eigenvalue weighted by Gasteiger charge is 2.15. The predicted octanol–water partition coefficient (Wildman–Crippen LogP) is 2.41. The Bertz CT molecular complexity index is 461. The summed E-state index contributed by atoms with van der Waals surface area (Å²) < 4.78 is 5.64. The van der Waals surface area contributed by atoms with E-state index in [0.29, 0.717) is 24.6 Å². The Morgan fingerprint density at radius 2 is 2.10 bits per heavy atom. The average molecular weight is 293 g/mol. The molecule has 0 radical (unpaired) electrons. The fourth-order valence-corrected chi connectivity index (χ4v) is 2.05. The number of nitrogens with one attached hydrogen (secondary N) is 1. The Hall–Kier alpha value is -1.91. The smallest absolute Gasteiger partial charge is 0.239 e. The van der Waals surface area contributed by atoms with E-state index in [1.807, 2.05) is 43.9 Å². The Kier molecular flexibility index (Phi) is 6.85. The number of nitrogens with two attached hydrogens (primary N) is 1. The number of benzene rings is 1. The summed E-state index contributed by atoms with van der Waals surface area (Å²) in [6.45, 7) is 9.57. The van der Waals surface area contributed by atoms with Gasteiger partial charge in [-0.3, -0.25) is 4.79 Å². The number of nitrogen functional groups attached to an aromatic ring is 1. The first-order valence-corrected chi connectivity index (χ1v) is 7.55. The number of carbonyl (C=O) groups is 1. The molecular formula is C16H27N3O2. The van der Waals surface area contributed by atoms with Gasteiger partial charge in [-0.2, -0.15) is 0 Å². The lowest BCUT2D eigenvalue weighted by molar-refractivity contribution is -0.120. The van der Waals surface area contributed by atoms with Crippen molar-refractivity contribution in [3.05, 3.63) is 18.2 Å². The minimum Gasteiger partial charge on any atom is -0.491 e. The second-order valence-electron chi connectivity index (χ2n) is 5.27. The van der Waals surface area contributed by atoms with Crippen molar-refractivity contribution in [2.75, 3.05) is 30.3 Å². The molecule has 0 aliphatic heterocycles. The van der Waals surface area contributed by atoms with E-state index in [-0.39, 0.29) is 18.5 Å². The van der Waals surface area contributed by atoms with E-state index in [9.17, 15) is 4.79 Å². The molecule has 0 spiro atoms. The van der Waals surface area contributed by atoms with Gasteiger partial charge >= 0.3 is 0 Å². The highest BCUT2D eigenvalue weighted by atomic mass is 16.5. The summed E-state index contributed by atoms with van der Waals surface area (Å²) in [7, 11) is 0. The molecule has 0 aliphatic rings. The average Bonchev–Trinajstić information content (AvgIpc) is 2.43. The van der Waals surface area contributed by atoms with Crippen LogP contribution in [0, 0.1) is 0 Å². The number of nitrogens with zero attached hydrogens (tertiary/aromatic N) is 1. The van der Waals surface area contributed by atoms with Gasteiger partial charge in [0.15, 0.2) is 0 Å². The Morgan fingerprint density at radius 3 is 2.67 bits per heavy atom. The van der Waals surface area contributed by atoms with Crippen molar-refractivity contribution < 1.29 is 9.53 Å². The second-order valence-corrected chi connectivity index (χ2v) is 5.27. The molecule has 0 atom stereocenters. The molecule has 1 aromatic rings. The maximum Gasteiger partial charge on any atom is 0.239 e. The third kappa shape index (κ3) is 5.17. The number of ether oxygens (including phenoxy) is 1. The molecule has 5 heteroatoms. The Labute approximate surface area is 127 Å².